The number of benzene rings is 3. The van der Waals surface area contributed by atoms with Crippen LogP contribution in [0.15, 0.2) is 91.7 Å². The van der Waals surface area contributed by atoms with E-state index in [2.05, 4.69) is 33.1 Å². The number of hydrogen-bond acceptors (Lipinski definition) is 7. The van der Waals surface area contributed by atoms with Gasteiger partial charge in [-0.05, 0) is 50.3 Å². The fraction of sp³-hybridized carbons (Fsp3) is 0.429. The van der Waals surface area contributed by atoms with Crippen molar-refractivity contribution < 1.29 is 33.3 Å². The average Bonchev–Trinajstić information content (AvgIpc) is 3.13. The molecule has 3 aromatic rings. The lowest BCUT2D eigenvalue weighted by Crippen LogP contribution is -2.26. The molecule has 262 valence electrons. The lowest BCUT2D eigenvalue weighted by Gasteiger charge is -2.27. The minimum Gasteiger partial charge on any atom is -0.489 e. The van der Waals surface area contributed by atoms with Crippen LogP contribution in [0, 0.1) is 0 Å². The second-order valence-corrected chi connectivity index (χ2v) is 12.5. The van der Waals surface area contributed by atoms with Gasteiger partial charge in [0.05, 0.1) is 0 Å². The highest BCUT2D eigenvalue weighted by molar-refractivity contribution is 5.96. The quantitative estimate of drug-likeness (QED) is 0.0599. The molecule has 0 aromatic heterocycles. The zero-order chi connectivity index (χ0) is 34.8. The fourth-order valence-electron chi connectivity index (χ4n) is 6.12. The first-order valence-electron chi connectivity index (χ1n) is 17.9. The van der Waals surface area contributed by atoms with Gasteiger partial charge in [-0.1, -0.05) is 108 Å². The maximum absolute atomic E-state index is 12.3. The third-order valence-corrected chi connectivity index (χ3v) is 8.69. The van der Waals surface area contributed by atoms with Crippen LogP contribution >= 0.6 is 0 Å². The highest BCUT2D eigenvalue weighted by Gasteiger charge is 2.27. The first-order valence-corrected chi connectivity index (χ1v) is 17.9. The van der Waals surface area contributed by atoms with E-state index in [1.807, 2.05) is 54.6 Å². The van der Waals surface area contributed by atoms with E-state index in [1.54, 1.807) is 0 Å². The zero-order valence-electron chi connectivity index (χ0n) is 29.3. The van der Waals surface area contributed by atoms with E-state index in [0.29, 0.717) is 25.7 Å². The normalized spacial score (nSPS) is 13.4. The van der Waals surface area contributed by atoms with Crippen molar-refractivity contribution in [2.75, 3.05) is 13.2 Å². The summed E-state index contributed by atoms with van der Waals surface area (Å²) >= 11 is 0. The van der Waals surface area contributed by atoms with Gasteiger partial charge in [0, 0.05) is 40.5 Å². The molecule has 0 radical (unpaired) electrons. The summed E-state index contributed by atoms with van der Waals surface area (Å²) in [5, 5.41) is 1.79. The Kier molecular flexibility index (Phi) is 15.3. The molecule has 0 N–H and O–H groups in total. The van der Waals surface area contributed by atoms with Crippen LogP contribution in [0.3, 0.4) is 0 Å². The van der Waals surface area contributed by atoms with Gasteiger partial charge in [-0.25, -0.2) is 9.59 Å². The predicted octanol–water partition coefficient (Wildman–Crippen LogP) is 9.80. The lowest BCUT2D eigenvalue weighted by molar-refractivity contribution is -0.145. The van der Waals surface area contributed by atoms with E-state index in [1.165, 1.54) is 12.2 Å². The van der Waals surface area contributed by atoms with Crippen molar-refractivity contribution >= 4 is 22.7 Å². The van der Waals surface area contributed by atoms with E-state index < -0.39 is 24.1 Å². The van der Waals surface area contributed by atoms with E-state index >= 15 is 0 Å². The first kappa shape index (κ1) is 37.3. The van der Waals surface area contributed by atoms with Crippen molar-refractivity contribution in [3.05, 3.63) is 103 Å². The highest BCUT2D eigenvalue weighted by atomic mass is 16.6. The number of fused-ring (bicyclic) bond motifs is 2. The molecule has 0 amide bonds. The molecule has 0 heterocycles. The third kappa shape index (κ3) is 11.3. The van der Waals surface area contributed by atoms with Gasteiger partial charge in [0.25, 0.3) is 0 Å². The Hall–Kier alpha value is -4.52. The monoisotopic (exact) mass is 668 g/mol. The maximum Gasteiger partial charge on any atom is 0.330 e. The molecule has 2 unspecified atom stereocenters. The minimum atomic E-state index is -0.456. The standard InChI is InChI=1S/C42H52O7/c1-5-9-11-14-22-33(48-39(43)7-3)29-45-41-35-24-18-19-25-36(35)42(46-30-34(49-40(44)8-4)23-15-12-10-6-2)38-28-32(26-27-37(38)41)47-31-20-16-13-17-21-31/h7-8,13,16-21,24-26,33-34H,3-6,9-12,14-15,22-23,27-30H2,1-2H3. The molecule has 2 atom stereocenters. The summed E-state index contributed by atoms with van der Waals surface area (Å²) < 4.78 is 31.1. The van der Waals surface area contributed by atoms with Crippen LogP contribution < -0.4 is 14.2 Å². The average molecular weight is 669 g/mol. The van der Waals surface area contributed by atoms with Crippen molar-refractivity contribution in [1.82, 2.24) is 0 Å². The summed E-state index contributed by atoms with van der Waals surface area (Å²) in [4.78, 5) is 24.5. The first-order chi connectivity index (χ1) is 24.0. The molecule has 0 spiro atoms. The van der Waals surface area contributed by atoms with Crippen LogP contribution in [0.2, 0.25) is 0 Å². The molecule has 0 bridgehead atoms. The van der Waals surface area contributed by atoms with Crippen LogP contribution in [0.4, 0.5) is 0 Å². The molecule has 4 rings (SSSR count). The predicted molar refractivity (Wildman–Crippen MR) is 195 cm³/mol. The zero-order valence-corrected chi connectivity index (χ0v) is 29.3. The molecule has 0 fully saturated rings. The number of para-hydroxylation sites is 1. The Morgan fingerprint density at radius 1 is 0.694 bits per heavy atom. The molecule has 49 heavy (non-hydrogen) atoms. The SMILES string of the molecule is C=CC(=O)OC(CCCCCC)COc1c2c(c(OCC(CCCCCC)OC(=O)C=C)c3ccccc13)CC(Oc1ccccc1)=CC2. The van der Waals surface area contributed by atoms with E-state index in [4.69, 9.17) is 23.7 Å². The van der Waals surface area contributed by atoms with Crippen LogP contribution in [-0.4, -0.2) is 37.4 Å². The van der Waals surface area contributed by atoms with Gasteiger partial charge in [-0.2, -0.15) is 0 Å². The summed E-state index contributed by atoms with van der Waals surface area (Å²) in [6.07, 6.45) is 14.6. The third-order valence-electron chi connectivity index (χ3n) is 8.69. The highest BCUT2D eigenvalue weighted by Crippen LogP contribution is 2.44. The van der Waals surface area contributed by atoms with Crippen LogP contribution in [0.25, 0.3) is 10.8 Å². The van der Waals surface area contributed by atoms with E-state index in [-0.39, 0.29) is 13.2 Å². The Bertz CT molecular complexity index is 1560. The Morgan fingerprint density at radius 3 is 1.71 bits per heavy atom. The molecule has 0 saturated heterocycles. The van der Waals surface area contributed by atoms with Gasteiger partial charge in [0.2, 0.25) is 0 Å². The smallest absolute Gasteiger partial charge is 0.330 e. The molecule has 1 aliphatic carbocycles. The molecule has 0 aliphatic heterocycles. The fourth-order valence-corrected chi connectivity index (χ4v) is 6.12. The summed E-state index contributed by atoms with van der Waals surface area (Å²) in [5.41, 5.74) is 1.96. The van der Waals surface area contributed by atoms with Crippen LogP contribution in [-0.2, 0) is 31.9 Å². The number of esters is 2. The Labute approximate surface area is 291 Å². The van der Waals surface area contributed by atoms with Crippen molar-refractivity contribution in [2.24, 2.45) is 0 Å². The molecule has 1 aliphatic rings. The van der Waals surface area contributed by atoms with Gasteiger partial charge in [-0.15, -0.1) is 0 Å². The maximum atomic E-state index is 12.3. The molecular formula is C42H52O7. The molecule has 0 saturated carbocycles. The molecule has 7 nitrogen and oxygen atoms in total. The van der Waals surface area contributed by atoms with E-state index in [0.717, 1.165) is 96.3 Å². The van der Waals surface area contributed by atoms with Gasteiger partial charge in [-0.3, -0.25) is 0 Å². The Balaban J connectivity index is 1.69. The summed E-state index contributed by atoms with van der Waals surface area (Å²) in [6.45, 7) is 11.9. The number of carbonyl (C=O) groups is 2. The van der Waals surface area contributed by atoms with Crippen LogP contribution in [0.1, 0.15) is 89.2 Å². The number of allylic oxidation sites excluding steroid dienone is 2. The van der Waals surface area contributed by atoms with E-state index in [9.17, 15) is 9.59 Å². The topological polar surface area (TPSA) is 80.3 Å². The summed E-state index contributed by atoms with van der Waals surface area (Å²) in [7, 11) is 0. The van der Waals surface area contributed by atoms with Gasteiger partial charge in [0.15, 0.2) is 0 Å². The number of carbonyl (C=O) groups excluding carboxylic acids is 2. The van der Waals surface area contributed by atoms with Gasteiger partial charge >= 0.3 is 11.9 Å². The second-order valence-electron chi connectivity index (χ2n) is 12.5. The van der Waals surface area contributed by atoms with Crippen LogP contribution in [0.5, 0.6) is 17.2 Å². The van der Waals surface area contributed by atoms with Crippen molar-refractivity contribution in [3.8, 4) is 17.2 Å². The van der Waals surface area contributed by atoms with Crippen molar-refractivity contribution in [2.45, 2.75) is 103 Å². The van der Waals surface area contributed by atoms with Crippen molar-refractivity contribution in [1.29, 1.82) is 0 Å². The lowest BCUT2D eigenvalue weighted by atomic mass is 9.89. The summed E-state index contributed by atoms with van der Waals surface area (Å²) in [6, 6.07) is 17.7. The Morgan fingerprint density at radius 2 is 1.20 bits per heavy atom. The number of unbranched alkanes of at least 4 members (excludes halogenated alkanes) is 6. The molecular weight excluding hydrogens is 616 g/mol. The van der Waals surface area contributed by atoms with Gasteiger partial charge in [0.1, 0.15) is 48.4 Å². The number of rotatable bonds is 22. The second kappa shape index (κ2) is 20.1. The number of ether oxygens (including phenoxy) is 5. The summed E-state index contributed by atoms with van der Waals surface area (Å²) in [5.74, 6) is 2.13. The van der Waals surface area contributed by atoms with Gasteiger partial charge < -0.3 is 23.7 Å². The largest absolute Gasteiger partial charge is 0.489 e. The minimum absolute atomic E-state index is 0.207. The molecule has 3 aromatic carbocycles. The molecule has 7 heteroatoms. The van der Waals surface area contributed by atoms with Crippen molar-refractivity contribution in [3.63, 3.8) is 0 Å². The number of hydrogen-bond donors (Lipinski definition) is 0.